The summed E-state index contributed by atoms with van der Waals surface area (Å²) in [6.45, 7) is 4.28. The molecule has 1 aromatic carbocycles. The van der Waals surface area contributed by atoms with Crippen LogP contribution in [0.25, 0.3) is 22.4 Å². The zero-order valence-corrected chi connectivity index (χ0v) is 16.0. The number of benzene rings is 1. The minimum atomic E-state index is 0.271. The van der Waals surface area contributed by atoms with Crippen LogP contribution >= 0.6 is 0 Å². The third kappa shape index (κ3) is 2.96. The molecule has 1 amide bonds. The van der Waals surface area contributed by atoms with Crippen LogP contribution in [-0.4, -0.2) is 70.1 Å². The molecule has 0 unspecified atom stereocenters. The molecule has 150 valence electrons. The summed E-state index contributed by atoms with van der Waals surface area (Å²) in [7, 11) is 0. The van der Waals surface area contributed by atoms with Crippen molar-refractivity contribution in [2.24, 2.45) is 5.92 Å². The third-order valence-corrected chi connectivity index (χ3v) is 6.03. The van der Waals surface area contributed by atoms with Gasteiger partial charge in [-0.15, -0.1) is 0 Å². The monoisotopic (exact) mass is 394 g/mol. The molecule has 3 aliphatic rings. The molecule has 3 fully saturated rings. The lowest BCUT2D eigenvalue weighted by molar-refractivity contribution is -0.132. The highest BCUT2D eigenvalue weighted by Gasteiger charge is 2.35. The first-order chi connectivity index (χ1) is 14.3. The Morgan fingerprint density at radius 1 is 1.10 bits per heavy atom. The summed E-state index contributed by atoms with van der Waals surface area (Å²) in [5.74, 6) is 1.66. The number of hydrogen-bond donors (Lipinski definition) is 0. The van der Waals surface area contributed by atoms with Gasteiger partial charge in [0.05, 0.1) is 31.0 Å². The predicted molar refractivity (Wildman–Crippen MR) is 104 cm³/mol. The van der Waals surface area contributed by atoms with Crippen LogP contribution in [0.2, 0.25) is 0 Å². The predicted octanol–water partition coefficient (Wildman–Crippen LogP) is 1.72. The van der Waals surface area contributed by atoms with Gasteiger partial charge in [0.1, 0.15) is 0 Å². The van der Waals surface area contributed by atoms with E-state index in [2.05, 4.69) is 20.1 Å². The first kappa shape index (κ1) is 17.0. The highest BCUT2D eigenvalue weighted by Crippen LogP contribution is 2.32. The second-order valence-corrected chi connectivity index (χ2v) is 8.04. The Labute approximate surface area is 167 Å². The average molecular weight is 394 g/mol. The van der Waals surface area contributed by atoms with Gasteiger partial charge in [0.15, 0.2) is 0 Å². The van der Waals surface area contributed by atoms with Crippen molar-refractivity contribution in [2.45, 2.75) is 18.9 Å². The molecule has 0 bridgehead atoms. The smallest absolute Gasteiger partial charge is 0.266 e. The highest BCUT2D eigenvalue weighted by atomic mass is 16.5. The van der Waals surface area contributed by atoms with Crippen LogP contribution in [0.15, 0.2) is 28.9 Å². The molecule has 2 saturated heterocycles. The van der Waals surface area contributed by atoms with E-state index in [0.29, 0.717) is 44.0 Å². The molecule has 0 N–H and O–H groups in total. The second kappa shape index (κ2) is 6.55. The second-order valence-electron chi connectivity index (χ2n) is 8.04. The van der Waals surface area contributed by atoms with Gasteiger partial charge < -0.3 is 19.1 Å². The summed E-state index contributed by atoms with van der Waals surface area (Å²) >= 11 is 0. The zero-order chi connectivity index (χ0) is 19.4. The number of rotatable bonds is 4. The fourth-order valence-electron chi connectivity index (χ4n) is 4.00. The van der Waals surface area contributed by atoms with Crippen LogP contribution in [-0.2, 0) is 9.53 Å². The van der Waals surface area contributed by atoms with Crippen molar-refractivity contribution >= 4 is 22.8 Å². The Morgan fingerprint density at radius 3 is 2.66 bits per heavy atom. The molecule has 0 radical (unpaired) electrons. The maximum Gasteiger partial charge on any atom is 0.266 e. The Bertz CT molecular complexity index is 1060. The van der Waals surface area contributed by atoms with E-state index in [4.69, 9.17) is 9.26 Å². The maximum absolute atomic E-state index is 12.2. The molecular formula is C20H22N6O3. The van der Waals surface area contributed by atoms with E-state index in [1.807, 2.05) is 34.0 Å². The van der Waals surface area contributed by atoms with E-state index in [1.54, 1.807) is 0 Å². The van der Waals surface area contributed by atoms with Crippen LogP contribution in [0.4, 0.5) is 5.95 Å². The summed E-state index contributed by atoms with van der Waals surface area (Å²) in [6, 6.07) is 6.34. The van der Waals surface area contributed by atoms with Crippen LogP contribution in [0.3, 0.4) is 0 Å². The molecule has 9 heteroatoms. The molecule has 3 aromatic rings. The van der Waals surface area contributed by atoms with Crippen LogP contribution < -0.4 is 4.90 Å². The SMILES string of the molecule is O=C(C1CC1)N1CCN(c2noc(-c3ccc4cnn(C5COC5)c4c3)n2)CC1. The van der Waals surface area contributed by atoms with Crippen LogP contribution in [0.1, 0.15) is 18.9 Å². The van der Waals surface area contributed by atoms with Crippen LogP contribution in [0.5, 0.6) is 0 Å². The van der Waals surface area contributed by atoms with Crippen molar-refractivity contribution in [1.82, 2.24) is 24.8 Å². The summed E-state index contributed by atoms with van der Waals surface area (Å²) in [5, 5.41) is 9.76. The van der Waals surface area contributed by atoms with E-state index in [0.717, 1.165) is 42.4 Å². The normalized spacial score (nSPS) is 20.3. The lowest BCUT2D eigenvalue weighted by Gasteiger charge is -2.34. The number of fused-ring (bicyclic) bond motifs is 1. The Balaban J connectivity index is 1.20. The van der Waals surface area contributed by atoms with Gasteiger partial charge in [0, 0.05) is 43.0 Å². The van der Waals surface area contributed by atoms with E-state index in [1.165, 1.54) is 0 Å². The van der Waals surface area contributed by atoms with Crippen molar-refractivity contribution in [3.8, 4) is 11.5 Å². The maximum atomic E-state index is 12.2. The molecule has 0 spiro atoms. The molecule has 2 aromatic heterocycles. The third-order valence-electron chi connectivity index (χ3n) is 6.03. The van der Waals surface area contributed by atoms with E-state index in [-0.39, 0.29) is 12.0 Å². The summed E-state index contributed by atoms with van der Waals surface area (Å²) in [5.41, 5.74) is 1.92. The number of amides is 1. The van der Waals surface area contributed by atoms with Gasteiger partial charge in [-0.25, -0.2) is 0 Å². The molecule has 9 nitrogen and oxygen atoms in total. The number of aromatic nitrogens is 4. The molecule has 0 atom stereocenters. The molecule has 6 rings (SSSR count). The van der Waals surface area contributed by atoms with E-state index in [9.17, 15) is 4.79 Å². The molecule has 29 heavy (non-hydrogen) atoms. The number of hydrogen-bond acceptors (Lipinski definition) is 7. The lowest BCUT2D eigenvalue weighted by atomic mass is 10.1. The number of anilines is 1. The Morgan fingerprint density at radius 2 is 1.93 bits per heavy atom. The highest BCUT2D eigenvalue weighted by molar-refractivity contribution is 5.83. The Hall–Kier alpha value is -2.94. The number of carbonyl (C=O) groups excluding carboxylic acids is 1. The van der Waals surface area contributed by atoms with Crippen LogP contribution in [0, 0.1) is 5.92 Å². The van der Waals surface area contributed by atoms with E-state index < -0.39 is 0 Å². The first-order valence-electron chi connectivity index (χ1n) is 10.2. The Kier molecular flexibility index (Phi) is 3.83. The fraction of sp³-hybridized carbons (Fsp3) is 0.500. The van der Waals surface area contributed by atoms with Crippen molar-refractivity contribution in [3.63, 3.8) is 0 Å². The minimum Gasteiger partial charge on any atom is -0.377 e. The van der Waals surface area contributed by atoms with Gasteiger partial charge in [-0.2, -0.15) is 10.1 Å². The topological polar surface area (TPSA) is 89.5 Å². The summed E-state index contributed by atoms with van der Waals surface area (Å²) in [4.78, 5) is 20.9. The van der Waals surface area contributed by atoms with Crippen molar-refractivity contribution < 1.29 is 14.1 Å². The van der Waals surface area contributed by atoms with E-state index >= 15 is 0 Å². The van der Waals surface area contributed by atoms with Crippen molar-refractivity contribution in [1.29, 1.82) is 0 Å². The molecule has 1 saturated carbocycles. The quantitative estimate of drug-likeness (QED) is 0.665. The van der Waals surface area contributed by atoms with Gasteiger partial charge in [-0.05, 0) is 30.1 Å². The van der Waals surface area contributed by atoms with Gasteiger partial charge in [-0.3, -0.25) is 9.48 Å². The lowest BCUT2D eigenvalue weighted by Crippen LogP contribution is -2.49. The van der Waals surface area contributed by atoms with Gasteiger partial charge in [-0.1, -0.05) is 6.07 Å². The fourth-order valence-corrected chi connectivity index (χ4v) is 4.00. The van der Waals surface area contributed by atoms with Gasteiger partial charge in [0.25, 0.3) is 11.8 Å². The van der Waals surface area contributed by atoms with Crippen molar-refractivity contribution in [2.75, 3.05) is 44.3 Å². The number of ether oxygens (including phenoxy) is 1. The number of nitrogens with zero attached hydrogens (tertiary/aromatic N) is 6. The molecule has 4 heterocycles. The number of carbonyl (C=O) groups is 1. The molecule has 1 aliphatic carbocycles. The summed E-state index contributed by atoms with van der Waals surface area (Å²) in [6.07, 6.45) is 3.97. The average Bonchev–Trinajstić information content (AvgIpc) is 3.31. The summed E-state index contributed by atoms with van der Waals surface area (Å²) < 4.78 is 12.9. The first-order valence-corrected chi connectivity index (χ1v) is 10.2. The molecule has 2 aliphatic heterocycles. The van der Waals surface area contributed by atoms with Gasteiger partial charge in [0.2, 0.25) is 5.91 Å². The number of piperazine rings is 1. The molecular weight excluding hydrogens is 372 g/mol. The van der Waals surface area contributed by atoms with Crippen molar-refractivity contribution in [3.05, 3.63) is 24.4 Å². The largest absolute Gasteiger partial charge is 0.377 e. The van der Waals surface area contributed by atoms with Gasteiger partial charge >= 0.3 is 0 Å². The standard InChI is InChI=1S/C20H22N6O3/c27-19(13-1-2-13)24-5-7-25(8-6-24)20-22-18(29-23-20)14-3-4-15-10-21-26(17(15)9-14)16-11-28-12-16/h3-4,9-10,13,16H,1-2,5-8,11-12H2. The minimum absolute atomic E-state index is 0.271. The zero-order valence-electron chi connectivity index (χ0n) is 16.0.